The molecule has 3 aromatic rings. The first-order valence-electron chi connectivity index (χ1n) is 5.84. The summed E-state index contributed by atoms with van der Waals surface area (Å²) in [6.07, 6.45) is 1.99. The van der Waals surface area contributed by atoms with Crippen molar-refractivity contribution in [1.82, 2.24) is 4.40 Å². The van der Waals surface area contributed by atoms with Crippen molar-refractivity contribution in [2.45, 2.75) is 6.54 Å². The van der Waals surface area contributed by atoms with Crippen LogP contribution in [0.5, 0.6) is 0 Å². The zero-order valence-electron chi connectivity index (χ0n) is 9.81. The summed E-state index contributed by atoms with van der Waals surface area (Å²) in [6.45, 7) is 0.449. The molecule has 0 saturated carbocycles. The van der Waals surface area contributed by atoms with Gasteiger partial charge in [-0.2, -0.15) is 0 Å². The summed E-state index contributed by atoms with van der Waals surface area (Å²) in [4.78, 5) is 0. The number of hydrogen-bond donors (Lipinski definition) is 1. The Morgan fingerprint density at radius 1 is 1.06 bits per heavy atom. The summed E-state index contributed by atoms with van der Waals surface area (Å²) in [5, 5.41) is 0. The van der Waals surface area contributed by atoms with E-state index in [9.17, 15) is 4.39 Å². The van der Waals surface area contributed by atoms with Gasteiger partial charge in [-0.3, -0.25) is 0 Å². The van der Waals surface area contributed by atoms with Crippen molar-refractivity contribution < 1.29 is 4.39 Å². The molecule has 2 aromatic heterocycles. The van der Waals surface area contributed by atoms with E-state index in [2.05, 4.69) is 10.5 Å². The molecule has 0 aliphatic rings. The standard InChI is InChI=1S/C15H13FN2/c16-12-6-4-11(5-7-12)14-9-13-3-1-2-8-18(13)15(14)10-17/h1-9H,10,17H2. The first-order valence-corrected chi connectivity index (χ1v) is 5.84. The van der Waals surface area contributed by atoms with Gasteiger partial charge in [0.15, 0.2) is 0 Å². The first kappa shape index (κ1) is 11.0. The van der Waals surface area contributed by atoms with Gasteiger partial charge in [0, 0.05) is 29.5 Å². The zero-order valence-corrected chi connectivity index (χ0v) is 9.81. The Kier molecular flexibility index (Phi) is 2.61. The van der Waals surface area contributed by atoms with Gasteiger partial charge in [0.25, 0.3) is 0 Å². The van der Waals surface area contributed by atoms with Crippen molar-refractivity contribution >= 4 is 5.52 Å². The first-order chi connectivity index (χ1) is 8.79. The minimum absolute atomic E-state index is 0.225. The predicted octanol–water partition coefficient (Wildman–Crippen LogP) is 3.20. The maximum absolute atomic E-state index is 13.0. The smallest absolute Gasteiger partial charge is 0.123 e. The molecule has 3 rings (SSSR count). The summed E-state index contributed by atoms with van der Waals surface area (Å²) >= 11 is 0. The van der Waals surface area contributed by atoms with Crippen molar-refractivity contribution in [2.75, 3.05) is 0 Å². The van der Waals surface area contributed by atoms with Crippen LogP contribution in [0, 0.1) is 5.82 Å². The normalized spacial score (nSPS) is 11.0. The van der Waals surface area contributed by atoms with Crippen LogP contribution in [0.3, 0.4) is 0 Å². The Labute approximate surface area is 104 Å². The van der Waals surface area contributed by atoms with E-state index < -0.39 is 0 Å². The largest absolute Gasteiger partial charge is 0.325 e. The fraction of sp³-hybridized carbons (Fsp3) is 0.0667. The minimum Gasteiger partial charge on any atom is -0.325 e. The highest BCUT2D eigenvalue weighted by Crippen LogP contribution is 2.27. The number of nitrogens with zero attached hydrogens (tertiary/aromatic N) is 1. The highest BCUT2D eigenvalue weighted by atomic mass is 19.1. The monoisotopic (exact) mass is 240 g/mol. The van der Waals surface area contributed by atoms with Crippen molar-refractivity contribution in [3.8, 4) is 11.1 Å². The van der Waals surface area contributed by atoms with Crippen LogP contribution in [-0.2, 0) is 6.54 Å². The van der Waals surface area contributed by atoms with Crippen LogP contribution >= 0.6 is 0 Å². The van der Waals surface area contributed by atoms with Crippen molar-refractivity contribution in [3.63, 3.8) is 0 Å². The molecule has 90 valence electrons. The van der Waals surface area contributed by atoms with Crippen molar-refractivity contribution in [3.05, 3.63) is 66.2 Å². The third-order valence-corrected chi connectivity index (χ3v) is 3.13. The fourth-order valence-corrected chi connectivity index (χ4v) is 2.27. The van der Waals surface area contributed by atoms with Crippen LogP contribution in [-0.4, -0.2) is 4.40 Å². The summed E-state index contributed by atoms with van der Waals surface area (Å²) in [5.74, 6) is -0.225. The van der Waals surface area contributed by atoms with Gasteiger partial charge < -0.3 is 10.1 Å². The maximum Gasteiger partial charge on any atom is 0.123 e. The lowest BCUT2D eigenvalue weighted by molar-refractivity contribution is 0.628. The summed E-state index contributed by atoms with van der Waals surface area (Å²) in [7, 11) is 0. The van der Waals surface area contributed by atoms with Gasteiger partial charge in [-0.05, 0) is 35.9 Å². The van der Waals surface area contributed by atoms with E-state index in [-0.39, 0.29) is 5.82 Å². The predicted molar refractivity (Wildman–Crippen MR) is 70.7 cm³/mol. The molecule has 0 unspecified atom stereocenters. The van der Waals surface area contributed by atoms with Crippen LogP contribution in [0.1, 0.15) is 5.69 Å². The number of halogens is 1. The Morgan fingerprint density at radius 3 is 2.56 bits per heavy atom. The molecular weight excluding hydrogens is 227 g/mol. The lowest BCUT2D eigenvalue weighted by atomic mass is 10.1. The molecule has 2 N–H and O–H groups in total. The third kappa shape index (κ3) is 1.69. The molecule has 0 amide bonds. The van der Waals surface area contributed by atoms with Gasteiger partial charge >= 0.3 is 0 Å². The number of benzene rings is 1. The molecule has 0 atom stereocenters. The topological polar surface area (TPSA) is 30.4 Å². The molecule has 0 aliphatic carbocycles. The highest BCUT2D eigenvalue weighted by Gasteiger charge is 2.10. The molecule has 0 saturated heterocycles. The lowest BCUT2D eigenvalue weighted by Gasteiger charge is -2.04. The van der Waals surface area contributed by atoms with E-state index >= 15 is 0 Å². The van der Waals surface area contributed by atoms with Gasteiger partial charge in [-0.1, -0.05) is 18.2 Å². The number of aromatic nitrogens is 1. The van der Waals surface area contributed by atoms with E-state index in [1.807, 2.05) is 24.4 Å². The van der Waals surface area contributed by atoms with E-state index in [4.69, 9.17) is 5.73 Å². The fourth-order valence-electron chi connectivity index (χ4n) is 2.27. The molecule has 1 aromatic carbocycles. The minimum atomic E-state index is -0.225. The van der Waals surface area contributed by atoms with Crippen molar-refractivity contribution in [2.24, 2.45) is 5.73 Å². The Balaban J connectivity index is 2.25. The third-order valence-electron chi connectivity index (χ3n) is 3.13. The highest BCUT2D eigenvalue weighted by molar-refractivity contribution is 5.73. The average Bonchev–Trinajstić information content (AvgIpc) is 2.78. The molecule has 2 heterocycles. The number of nitrogens with two attached hydrogens (primary N) is 1. The second-order valence-corrected chi connectivity index (χ2v) is 4.21. The van der Waals surface area contributed by atoms with Gasteiger partial charge in [0.05, 0.1) is 0 Å². The van der Waals surface area contributed by atoms with Gasteiger partial charge in [-0.15, -0.1) is 0 Å². The Morgan fingerprint density at radius 2 is 1.83 bits per heavy atom. The molecule has 0 radical (unpaired) electrons. The Hall–Kier alpha value is -2.13. The molecule has 2 nitrogen and oxygen atoms in total. The van der Waals surface area contributed by atoms with E-state index in [0.717, 1.165) is 22.3 Å². The van der Waals surface area contributed by atoms with Crippen LogP contribution in [0.4, 0.5) is 4.39 Å². The number of fused-ring (bicyclic) bond motifs is 1. The number of rotatable bonds is 2. The van der Waals surface area contributed by atoms with Crippen molar-refractivity contribution in [1.29, 1.82) is 0 Å². The van der Waals surface area contributed by atoms with Crippen LogP contribution in [0.15, 0.2) is 54.7 Å². The second-order valence-electron chi connectivity index (χ2n) is 4.21. The quantitative estimate of drug-likeness (QED) is 0.732. The maximum atomic E-state index is 13.0. The molecule has 0 bridgehead atoms. The van der Waals surface area contributed by atoms with Gasteiger partial charge in [0.2, 0.25) is 0 Å². The molecule has 0 spiro atoms. The zero-order chi connectivity index (χ0) is 12.5. The number of pyridine rings is 1. The molecular formula is C15H13FN2. The molecule has 0 fully saturated rings. The Bertz CT molecular complexity index is 683. The molecule has 0 aliphatic heterocycles. The molecule has 18 heavy (non-hydrogen) atoms. The lowest BCUT2D eigenvalue weighted by Crippen LogP contribution is -2.02. The van der Waals surface area contributed by atoms with Crippen LogP contribution < -0.4 is 5.73 Å². The summed E-state index contributed by atoms with van der Waals surface area (Å²) < 4.78 is 15.0. The van der Waals surface area contributed by atoms with Crippen LogP contribution in [0.2, 0.25) is 0 Å². The SMILES string of the molecule is NCc1c(-c2ccc(F)cc2)cc2ccccn12. The van der Waals surface area contributed by atoms with E-state index in [1.54, 1.807) is 12.1 Å². The van der Waals surface area contributed by atoms with Gasteiger partial charge in [-0.25, -0.2) is 4.39 Å². The summed E-state index contributed by atoms with van der Waals surface area (Å²) in [6, 6.07) is 14.6. The average molecular weight is 240 g/mol. The van der Waals surface area contributed by atoms with E-state index in [0.29, 0.717) is 6.54 Å². The van der Waals surface area contributed by atoms with E-state index in [1.165, 1.54) is 12.1 Å². The van der Waals surface area contributed by atoms with Gasteiger partial charge in [0.1, 0.15) is 5.82 Å². The number of hydrogen-bond acceptors (Lipinski definition) is 1. The molecule has 3 heteroatoms. The van der Waals surface area contributed by atoms with Crippen LogP contribution in [0.25, 0.3) is 16.6 Å². The summed E-state index contributed by atoms with van der Waals surface area (Å²) in [5.41, 5.74) is 10.0. The second kappa shape index (κ2) is 4.27.